The van der Waals surface area contributed by atoms with Crippen molar-refractivity contribution in [1.82, 2.24) is 15.3 Å². The summed E-state index contributed by atoms with van der Waals surface area (Å²) in [6.45, 7) is 1.21. The van der Waals surface area contributed by atoms with Gasteiger partial charge in [-0.2, -0.15) is 26.3 Å². The Morgan fingerprint density at radius 2 is 1.73 bits per heavy atom. The number of aryl methyl sites for hydroxylation is 1. The number of aromatic nitrogens is 2. The standard InChI is InChI=1S/C18H11B3F7N5O4/c1-6-8(22)3-4-10(29-6)32(2)14(35)37-11-7(15(23,24)25)5-9(16(26,27)28)30-12(11)33-13(34)31-17(19,20)18(33,21)36/h3-5,36H,1-2H3,(H,31,34). The van der Waals surface area contributed by atoms with Crippen molar-refractivity contribution in [3.8, 4) is 5.75 Å². The zero-order chi connectivity index (χ0) is 28.3. The summed E-state index contributed by atoms with van der Waals surface area (Å²) in [6, 6.07) is -0.354. The second-order valence-corrected chi connectivity index (χ2v) is 7.73. The van der Waals surface area contributed by atoms with E-state index in [1.54, 1.807) is 5.32 Å². The summed E-state index contributed by atoms with van der Waals surface area (Å²) in [6.07, 6.45) is -12.9. The molecular formula is C18H11B3F7N5O4. The van der Waals surface area contributed by atoms with Crippen LogP contribution in [0.5, 0.6) is 5.75 Å². The molecule has 3 amide bonds. The number of nitrogens with one attached hydrogen (secondary N) is 1. The number of ether oxygens (including phenoxy) is 1. The molecule has 1 unspecified atom stereocenters. The van der Waals surface area contributed by atoms with E-state index in [9.17, 15) is 45.4 Å². The number of aliphatic hydroxyl groups is 1. The topological polar surface area (TPSA) is 108 Å². The lowest BCUT2D eigenvalue weighted by molar-refractivity contribution is -0.145. The summed E-state index contributed by atoms with van der Waals surface area (Å²) in [4.78, 5) is 31.9. The molecule has 19 heteroatoms. The molecule has 0 aliphatic carbocycles. The van der Waals surface area contributed by atoms with Crippen LogP contribution in [-0.4, -0.2) is 68.7 Å². The van der Waals surface area contributed by atoms with Gasteiger partial charge in [0.15, 0.2) is 11.6 Å². The number of halogens is 7. The average molecular weight is 527 g/mol. The van der Waals surface area contributed by atoms with E-state index in [2.05, 4.69) is 9.97 Å². The van der Waals surface area contributed by atoms with E-state index < -0.39 is 70.1 Å². The normalized spacial score (nSPS) is 19.5. The van der Waals surface area contributed by atoms with Crippen molar-refractivity contribution in [3.63, 3.8) is 0 Å². The van der Waals surface area contributed by atoms with Crippen LogP contribution in [0.15, 0.2) is 18.2 Å². The Morgan fingerprint density at radius 1 is 1.14 bits per heavy atom. The van der Waals surface area contributed by atoms with Crippen molar-refractivity contribution in [2.24, 2.45) is 0 Å². The number of alkyl halides is 6. The molecule has 0 bridgehead atoms. The van der Waals surface area contributed by atoms with Crippen molar-refractivity contribution in [3.05, 3.63) is 41.0 Å². The Bertz CT molecular complexity index is 1270. The number of pyridine rings is 2. The third-order valence-corrected chi connectivity index (χ3v) is 5.04. The number of carbonyl (C=O) groups is 2. The zero-order valence-electron chi connectivity index (χ0n) is 18.6. The van der Waals surface area contributed by atoms with Crippen LogP contribution in [0.1, 0.15) is 17.0 Å². The molecule has 6 radical (unpaired) electrons. The van der Waals surface area contributed by atoms with Gasteiger partial charge < -0.3 is 15.2 Å². The van der Waals surface area contributed by atoms with Gasteiger partial charge in [0, 0.05) is 12.4 Å². The second-order valence-electron chi connectivity index (χ2n) is 7.73. The Kier molecular flexibility index (Phi) is 6.69. The van der Waals surface area contributed by atoms with Gasteiger partial charge in [-0.15, -0.1) is 0 Å². The summed E-state index contributed by atoms with van der Waals surface area (Å²) in [7, 11) is 17.3. The molecule has 190 valence electrons. The summed E-state index contributed by atoms with van der Waals surface area (Å²) in [5.41, 5.74) is -8.03. The lowest BCUT2D eigenvalue weighted by Crippen LogP contribution is -2.63. The Labute approximate surface area is 207 Å². The summed E-state index contributed by atoms with van der Waals surface area (Å²) >= 11 is 0. The first kappa shape index (κ1) is 28.1. The quantitative estimate of drug-likeness (QED) is 0.468. The number of rotatable bonds is 3. The van der Waals surface area contributed by atoms with Gasteiger partial charge in [0.05, 0.1) is 21.4 Å². The highest BCUT2D eigenvalue weighted by Crippen LogP contribution is 2.46. The Morgan fingerprint density at radius 3 is 2.19 bits per heavy atom. The first-order chi connectivity index (χ1) is 16.7. The van der Waals surface area contributed by atoms with Gasteiger partial charge >= 0.3 is 24.5 Å². The number of amides is 3. The lowest BCUT2D eigenvalue weighted by atomic mass is 9.51. The molecular weight excluding hydrogens is 516 g/mol. The lowest BCUT2D eigenvalue weighted by Gasteiger charge is -2.39. The van der Waals surface area contributed by atoms with E-state index in [0.717, 1.165) is 19.2 Å². The number of hydrogen-bond donors (Lipinski definition) is 2. The molecule has 0 aromatic carbocycles. The molecule has 1 saturated heterocycles. The van der Waals surface area contributed by atoms with Crippen LogP contribution in [0.4, 0.5) is 52.0 Å². The van der Waals surface area contributed by atoms with Crippen molar-refractivity contribution in [2.75, 3.05) is 16.8 Å². The highest BCUT2D eigenvalue weighted by Gasteiger charge is 2.55. The number of anilines is 2. The maximum Gasteiger partial charge on any atom is 0.433 e. The molecule has 0 saturated carbocycles. The third-order valence-electron chi connectivity index (χ3n) is 5.04. The first-order valence-electron chi connectivity index (χ1n) is 9.68. The second kappa shape index (κ2) is 8.81. The predicted molar refractivity (Wildman–Crippen MR) is 114 cm³/mol. The smallest absolute Gasteiger partial charge is 0.405 e. The fraction of sp³-hybridized carbons (Fsp3) is 0.333. The third kappa shape index (κ3) is 5.04. The van der Waals surface area contributed by atoms with Gasteiger partial charge in [-0.1, -0.05) is 0 Å². The van der Waals surface area contributed by atoms with Gasteiger partial charge in [-0.3, -0.25) is 9.80 Å². The summed E-state index contributed by atoms with van der Waals surface area (Å²) < 4.78 is 100. The van der Waals surface area contributed by atoms with Gasteiger partial charge in [0.2, 0.25) is 0 Å². The molecule has 37 heavy (non-hydrogen) atoms. The molecule has 2 aromatic heterocycles. The van der Waals surface area contributed by atoms with E-state index in [0.29, 0.717) is 4.90 Å². The highest BCUT2D eigenvalue weighted by atomic mass is 19.4. The molecule has 1 atom stereocenters. The molecule has 1 fully saturated rings. The first-order valence-corrected chi connectivity index (χ1v) is 9.68. The van der Waals surface area contributed by atoms with Crippen LogP contribution in [0, 0.1) is 12.7 Å². The fourth-order valence-electron chi connectivity index (χ4n) is 3.02. The number of urea groups is 1. The van der Waals surface area contributed by atoms with Gasteiger partial charge in [-0.25, -0.2) is 23.9 Å². The molecule has 3 rings (SSSR count). The van der Waals surface area contributed by atoms with E-state index >= 15 is 0 Å². The van der Waals surface area contributed by atoms with Crippen LogP contribution in [-0.2, 0) is 12.4 Å². The van der Waals surface area contributed by atoms with Crippen LogP contribution in [0.25, 0.3) is 0 Å². The van der Waals surface area contributed by atoms with Crippen molar-refractivity contribution >= 4 is 47.3 Å². The van der Waals surface area contributed by atoms with Gasteiger partial charge in [-0.05, 0) is 25.1 Å². The van der Waals surface area contributed by atoms with E-state index in [1.807, 2.05) is 0 Å². The predicted octanol–water partition coefficient (Wildman–Crippen LogP) is 1.93. The van der Waals surface area contributed by atoms with Gasteiger partial charge in [0.25, 0.3) is 0 Å². The Hall–Kier alpha value is -3.50. The summed E-state index contributed by atoms with van der Waals surface area (Å²) in [5.74, 6) is -4.59. The molecule has 0 spiro atoms. The maximum atomic E-state index is 13.9. The van der Waals surface area contributed by atoms with Crippen LogP contribution in [0.2, 0.25) is 0 Å². The number of nitrogens with zero attached hydrogens (tertiary/aromatic N) is 4. The minimum Gasteiger partial charge on any atom is -0.405 e. The maximum absolute atomic E-state index is 13.9. The minimum atomic E-state index is -5.64. The van der Waals surface area contributed by atoms with Crippen LogP contribution in [0.3, 0.4) is 0 Å². The van der Waals surface area contributed by atoms with Crippen molar-refractivity contribution in [1.29, 1.82) is 0 Å². The average Bonchev–Trinajstić information content (AvgIpc) is 2.90. The molecule has 9 nitrogen and oxygen atoms in total. The zero-order valence-corrected chi connectivity index (χ0v) is 18.6. The monoisotopic (exact) mass is 527 g/mol. The van der Waals surface area contributed by atoms with Crippen molar-refractivity contribution < 1.29 is 50.2 Å². The summed E-state index contributed by atoms with van der Waals surface area (Å²) in [5, 5.41) is 9.31. The van der Waals surface area contributed by atoms with E-state index in [1.165, 1.54) is 6.92 Å². The Balaban J connectivity index is 2.25. The minimum absolute atomic E-state index is 0.214. The highest BCUT2D eigenvalue weighted by molar-refractivity contribution is 6.48. The SMILES string of the molecule is [B]C1([B])NC(=O)N(c2nc(C(F)(F)F)cc(C(F)(F)F)c2OC(=O)N(C)c2ccc(F)c(C)n2)C1([B])O. The molecule has 3 heterocycles. The molecule has 2 aromatic rings. The van der Waals surface area contributed by atoms with E-state index in [4.69, 9.17) is 28.3 Å². The molecule has 2 N–H and O–H groups in total. The van der Waals surface area contributed by atoms with Crippen LogP contribution >= 0.6 is 0 Å². The van der Waals surface area contributed by atoms with Crippen molar-refractivity contribution in [2.45, 2.75) is 30.2 Å². The fourth-order valence-corrected chi connectivity index (χ4v) is 3.02. The number of hydrogen-bond acceptors (Lipinski definition) is 6. The van der Waals surface area contributed by atoms with E-state index in [-0.39, 0.29) is 16.4 Å². The van der Waals surface area contributed by atoms with Gasteiger partial charge in [0.1, 0.15) is 36.4 Å². The largest absolute Gasteiger partial charge is 0.433 e. The molecule has 1 aliphatic rings. The van der Waals surface area contributed by atoms with Crippen LogP contribution < -0.4 is 19.9 Å². The number of carbonyl (C=O) groups excluding carboxylic acids is 2. The molecule has 1 aliphatic heterocycles.